The van der Waals surface area contributed by atoms with Crippen molar-refractivity contribution in [3.63, 3.8) is 0 Å². The Hall–Kier alpha value is -1.39. The van der Waals surface area contributed by atoms with E-state index in [1.165, 1.54) is 44.2 Å². The van der Waals surface area contributed by atoms with Crippen LogP contribution in [0.2, 0.25) is 0 Å². The molecule has 0 aromatic heterocycles. The second-order valence-corrected chi connectivity index (χ2v) is 12.2. The van der Waals surface area contributed by atoms with Gasteiger partial charge in [0, 0.05) is 18.7 Å². The maximum Gasteiger partial charge on any atom is 0.226 e. The number of nitrogens with zero attached hydrogens (tertiary/aromatic N) is 1. The smallest absolute Gasteiger partial charge is 0.226 e. The molecule has 4 nitrogen and oxygen atoms in total. The first-order valence-electron chi connectivity index (χ1n) is 12.7. The molecule has 2 saturated heterocycles. The fraction of sp³-hybridized carbons (Fsp3) is 0.741. The molecule has 5 saturated carbocycles. The molecular weight excluding hydrogens is 384 g/mol. The average Bonchev–Trinajstić information content (AvgIpc) is 3.45. The van der Waals surface area contributed by atoms with Crippen LogP contribution in [0.5, 0.6) is 0 Å². The maximum absolute atomic E-state index is 14.1. The highest BCUT2D eigenvalue weighted by atomic mass is 16.5. The molecule has 0 radical (unpaired) electrons. The summed E-state index contributed by atoms with van der Waals surface area (Å²) in [6.45, 7) is 6.03. The Bertz CT molecular complexity index is 919. The second-order valence-electron chi connectivity index (χ2n) is 12.2. The summed E-state index contributed by atoms with van der Waals surface area (Å²) >= 11 is 0. The summed E-state index contributed by atoms with van der Waals surface area (Å²) in [5, 5.41) is 3.65. The fourth-order valence-electron chi connectivity index (χ4n) is 9.74. The van der Waals surface area contributed by atoms with Gasteiger partial charge >= 0.3 is 0 Å². The third kappa shape index (κ3) is 2.47. The number of amides is 1. The van der Waals surface area contributed by atoms with E-state index in [0.717, 1.165) is 44.9 Å². The number of hydrogen-bond donors (Lipinski definition) is 1. The average molecular weight is 421 g/mol. The topological polar surface area (TPSA) is 41.6 Å². The zero-order valence-electron chi connectivity index (χ0n) is 18.9. The Labute approximate surface area is 186 Å². The van der Waals surface area contributed by atoms with Gasteiger partial charge in [0.25, 0.3) is 0 Å². The molecule has 166 valence electrons. The number of nitrogens with one attached hydrogen (secondary N) is 1. The Balaban J connectivity index is 1.22. The molecule has 7 aliphatic rings. The maximum atomic E-state index is 14.1. The number of carbonyl (C=O) groups is 1. The van der Waals surface area contributed by atoms with Gasteiger partial charge in [-0.05, 0) is 93.1 Å². The predicted molar refractivity (Wildman–Crippen MR) is 120 cm³/mol. The molecule has 4 unspecified atom stereocenters. The molecule has 1 spiro atoms. The van der Waals surface area contributed by atoms with E-state index in [4.69, 9.17) is 4.74 Å². The van der Waals surface area contributed by atoms with Gasteiger partial charge in [0.15, 0.2) is 0 Å². The molecule has 2 heterocycles. The van der Waals surface area contributed by atoms with Crippen LogP contribution in [-0.2, 0) is 14.9 Å². The molecule has 4 heteroatoms. The number of benzene rings is 1. The number of ether oxygens (including phenoxy) is 1. The van der Waals surface area contributed by atoms with E-state index in [9.17, 15) is 4.79 Å². The van der Waals surface area contributed by atoms with Gasteiger partial charge in [-0.25, -0.2) is 0 Å². The van der Waals surface area contributed by atoms with E-state index in [-0.39, 0.29) is 16.2 Å². The van der Waals surface area contributed by atoms with Gasteiger partial charge in [0.1, 0.15) is 0 Å². The summed E-state index contributed by atoms with van der Waals surface area (Å²) in [6.07, 6.45) is 9.51. The lowest BCUT2D eigenvalue weighted by Crippen LogP contribution is -2.71. The van der Waals surface area contributed by atoms with Crippen LogP contribution in [0.25, 0.3) is 0 Å². The van der Waals surface area contributed by atoms with Crippen molar-refractivity contribution in [2.45, 2.75) is 75.3 Å². The highest BCUT2D eigenvalue weighted by molar-refractivity contribution is 5.84. The van der Waals surface area contributed by atoms with Crippen molar-refractivity contribution in [1.82, 2.24) is 10.2 Å². The first-order valence-corrected chi connectivity index (χ1v) is 12.7. The highest BCUT2D eigenvalue weighted by Gasteiger charge is 2.73. The van der Waals surface area contributed by atoms with E-state index < -0.39 is 0 Å². The normalized spacial score (nSPS) is 48.7. The van der Waals surface area contributed by atoms with Gasteiger partial charge in [-0.15, -0.1) is 0 Å². The van der Waals surface area contributed by atoms with Crippen LogP contribution in [0.1, 0.15) is 63.9 Å². The van der Waals surface area contributed by atoms with E-state index in [1.807, 2.05) is 0 Å². The van der Waals surface area contributed by atoms with Gasteiger partial charge in [0.05, 0.1) is 18.1 Å². The molecule has 7 fully saturated rings. The van der Waals surface area contributed by atoms with Crippen molar-refractivity contribution in [3.05, 3.63) is 35.9 Å². The predicted octanol–water partition coefficient (Wildman–Crippen LogP) is 3.89. The molecule has 7 atom stereocenters. The van der Waals surface area contributed by atoms with E-state index in [1.54, 1.807) is 0 Å². The summed E-state index contributed by atoms with van der Waals surface area (Å²) in [5.41, 5.74) is 1.93. The molecule has 5 aliphatic carbocycles. The standard InChI is InChI=1S/C27H36N2O2/c1-2-31-18-24-10-19-11-25(15-24,20-6-4-3-5-7-20)17-26(12-19,16-24)23(30)28-22-14-29-9-8-21-13-27(21,22)29/h3-7,19,21-22H,2,8-18H2,1H3,(H,28,30)/t19?,21?,22-,24-,25+,26?,27?/m1/s1. The summed E-state index contributed by atoms with van der Waals surface area (Å²) in [7, 11) is 0. The summed E-state index contributed by atoms with van der Waals surface area (Å²) < 4.78 is 6.08. The Morgan fingerprint density at radius 3 is 2.77 bits per heavy atom. The first-order chi connectivity index (χ1) is 15.0. The Morgan fingerprint density at radius 2 is 2.00 bits per heavy atom. The molecular formula is C27H36N2O2. The van der Waals surface area contributed by atoms with E-state index in [2.05, 4.69) is 47.5 Å². The summed E-state index contributed by atoms with van der Waals surface area (Å²) in [6, 6.07) is 11.5. The Morgan fingerprint density at radius 1 is 1.13 bits per heavy atom. The Kier molecular flexibility index (Phi) is 3.78. The summed E-state index contributed by atoms with van der Waals surface area (Å²) in [4.78, 5) is 16.7. The molecule has 2 aliphatic heterocycles. The molecule has 1 N–H and O–H groups in total. The highest BCUT2D eigenvalue weighted by Crippen LogP contribution is 2.70. The van der Waals surface area contributed by atoms with Crippen molar-refractivity contribution >= 4 is 5.91 Å². The van der Waals surface area contributed by atoms with Crippen LogP contribution in [0.3, 0.4) is 0 Å². The number of hydrogen-bond acceptors (Lipinski definition) is 3. The van der Waals surface area contributed by atoms with Crippen LogP contribution >= 0.6 is 0 Å². The van der Waals surface area contributed by atoms with E-state index >= 15 is 0 Å². The molecule has 8 rings (SSSR count). The quantitative estimate of drug-likeness (QED) is 0.759. The van der Waals surface area contributed by atoms with Crippen LogP contribution in [0.15, 0.2) is 30.3 Å². The molecule has 4 bridgehead atoms. The van der Waals surface area contributed by atoms with Gasteiger partial charge in [-0.1, -0.05) is 30.3 Å². The van der Waals surface area contributed by atoms with Gasteiger partial charge < -0.3 is 10.1 Å². The monoisotopic (exact) mass is 420 g/mol. The lowest BCUT2D eigenvalue weighted by molar-refractivity contribution is -0.174. The van der Waals surface area contributed by atoms with Crippen molar-refractivity contribution in [2.75, 3.05) is 26.3 Å². The van der Waals surface area contributed by atoms with Crippen LogP contribution in [0, 0.1) is 22.7 Å². The number of carbonyl (C=O) groups excluding carboxylic acids is 1. The van der Waals surface area contributed by atoms with Gasteiger partial charge in [-0.3, -0.25) is 9.69 Å². The minimum Gasteiger partial charge on any atom is -0.381 e. The molecule has 1 aromatic carbocycles. The van der Waals surface area contributed by atoms with Gasteiger partial charge in [-0.2, -0.15) is 0 Å². The molecule has 1 amide bonds. The zero-order chi connectivity index (χ0) is 20.9. The first kappa shape index (κ1) is 19.1. The van der Waals surface area contributed by atoms with Crippen LogP contribution < -0.4 is 5.32 Å². The van der Waals surface area contributed by atoms with Crippen LogP contribution in [0.4, 0.5) is 0 Å². The van der Waals surface area contributed by atoms with E-state index in [0.29, 0.717) is 23.4 Å². The van der Waals surface area contributed by atoms with Crippen molar-refractivity contribution in [1.29, 1.82) is 0 Å². The number of rotatable bonds is 6. The second kappa shape index (κ2) is 6.14. The third-order valence-electron chi connectivity index (χ3n) is 10.4. The molecule has 31 heavy (non-hydrogen) atoms. The van der Waals surface area contributed by atoms with Crippen molar-refractivity contribution in [2.24, 2.45) is 22.7 Å². The zero-order valence-corrected chi connectivity index (χ0v) is 18.9. The third-order valence-corrected chi connectivity index (χ3v) is 10.4. The largest absolute Gasteiger partial charge is 0.381 e. The summed E-state index contributed by atoms with van der Waals surface area (Å²) in [5.74, 6) is 1.89. The minimum atomic E-state index is -0.202. The van der Waals surface area contributed by atoms with Crippen LogP contribution in [-0.4, -0.2) is 48.7 Å². The fourth-order valence-corrected chi connectivity index (χ4v) is 9.74. The van der Waals surface area contributed by atoms with Crippen molar-refractivity contribution in [3.8, 4) is 0 Å². The minimum absolute atomic E-state index is 0.147. The van der Waals surface area contributed by atoms with Crippen molar-refractivity contribution < 1.29 is 9.53 Å². The number of piperidine rings is 1. The lowest BCUT2D eigenvalue weighted by Gasteiger charge is -2.66. The SMILES string of the molecule is CCOC[C@@]12CC3CC(C(=O)N[C@@H]4CN5CCC6CC645)(C1)C[C@](c1ccccc1)(C3)C2. The lowest BCUT2D eigenvalue weighted by atomic mass is 9.38. The van der Waals surface area contributed by atoms with Gasteiger partial charge in [0.2, 0.25) is 5.91 Å². The molecule has 1 aromatic rings.